The molecule has 0 bridgehead atoms. The monoisotopic (exact) mass is 328 g/mol. The summed E-state index contributed by atoms with van der Waals surface area (Å²) in [5.41, 5.74) is 0.591. The van der Waals surface area contributed by atoms with Crippen molar-refractivity contribution in [2.45, 2.75) is 52.4 Å². The summed E-state index contributed by atoms with van der Waals surface area (Å²) in [4.78, 5) is 12.1. The van der Waals surface area contributed by atoms with Gasteiger partial charge in [0.25, 0.3) is 0 Å². The third-order valence-corrected chi connectivity index (χ3v) is 5.55. The van der Waals surface area contributed by atoms with E-state index in [-0.39, 0.29) is 24.8 Å². The van der Waals surface area contributed by atoms with Crippen molar-refractivity contribution >= 4 is 21.9 Å². The topological polar surface area (TPSA) is 76.0 Å². The minimum Gasteiger partial charge on any atom is -0.461 e. The molecular weight excluding hydrogens is 304 g/mol. The van der Waals surface area contributed by atoms with Crippen LogP contribution in [0.5, 0.6) is 0 Å². The van der Waals surface area contributed by atoms with Gasteiger partial charge in [0, 0.05) is 12.5 Å². The van der Waals surface area contributed by atoms with E-state index in [4.69, 9.17) is 4.74 Å². The van der Waals surface area contributed by atoms with Gasteiger partial charge in [-0.1, -0.05) is 25.7 Å². The predicted molar refractivity (Wildman–Crippen MR) is 84.6 cm³/mol. The zero-order chi connectivity index (χ0) is 16.2. The van der Waals surface area contributed by atoms with Gasteiger partial charge in [-0.25, -0.2) is 9.10 Å². The van der Waals surface area contributed by atoms with Gasteiger partial charge in [0.1, 0.15) is 5.70 Å². The third kappa shape index (κ3) is 3.69. The number of carbonyl (C=O) groups is 1. The molecule has 22 heavy (non-hydrogen) atoms. The third-order valence-electron chi connectivity index (χ3n) is 4.10. The Hall–Kier alpha value is -1.37. The molecule has 0 aromatic heterocycles. The number of hydrogen-bond acceptors (Lipinski definition) is 4. The van der Waals surface area contributed by atoms with E-state index >= 15 is 0 Å². The van der Waals surface area contributed by atoms with Gasteiger partial charge >= 0.3 is 16.2 Å². The molecule has 0 atom stereocenters. The number of hydrogen-bond donors (Lipinski definition) is 0. The molecule has 0 N–H and O–H groups in total. The Morgan fingerprint density at radius 1 is 1.27 bits per heavy atom. The molecule has 1 aliphatic carbocycles. The second kappa shape index (κ2) is 7.26. The van der Waals surface area contributed by atoms with Gasteiger partial charge in [-0.05, 0) is 32.8 Å². The van der Waals surface area contributed by atoms with E-state index in [0.29, 0.717) is 5.71 Å². The standard InChI is InChI=1S/C15H24N2O4S/c1-3-17-14(15(18)21-4-2)11-13(16-22(17,19)20)12-9-7-5-6-8-10-12/h11-12H,3-10H2,1-2H3. The summed E-state index contributed by atoms with van der Waals surface area (Å²) in [5, 5.41) is 0. The lowest BCUT2D eigenvalue weighted by Crippen LogP contribution is -2.38. The number of likely N-dealkylation sites (N-methyl/N-ethyl adjacent to an activating group) is 1. The molecule has 124 valence electrons. The van der Waals surface area contributed by atoms with E-state index in [9.17, 15) is 13.2 Å². The molecule has 0 unspecified atom stereocenters. The van der Waals surface area contributed by atoms with Crippen molar-refractivity contribution in [3.05, 3.63) is 11.8 Å². The lowest BCUT2D eigenvalue weighted by atomic mass is 9.94. The minimum absolute atomic E-state index is 0.0820. The Morgan fingerprint density at radius 3 is 2.45 bits per heavy atom. The molecule has 0 amide bonds. The van der Waals surface area contributed by atoms with Crippen molar-refractivity contribution in [3.63, 3.8) is 0 Å². The van der Waals surface area contributed by atoms with E-state index in [1.807, 2.05) is 0 Å². The zero-order valence-corrected chi connectivity index (χ0v) is 14.1. The molecule has 0 radical (unpaired) electrons. The molecule has 2 aliphatic rings. The van der Waals surface area contributed by atoms with Gasteiger partial charge < -0.3 is 4.74 Å². The Balaban J connectivity index is 2.36. The molecule has 7 heteroatoms. The quantitative estimate of drug-likeness (QED) is 0.586. The molecule has 1 aliphatic heterocycles. The molecule has 1 saturated carbocycles. The molecule has 1 heterocycles. The molecule has 0 aromatic carbocycles. The summed E-state index contributed by atoms with van der Waals surface area (Å²) in [6.45, 7) is 3.75. The Morgan fingerprint density at radius 2 is 1.91 bits per heavy atom. The van der Waals surface area contributed by atoms with Crippen LogP contribution in [-0.2, 0) is 19.7 Å². The van der Waals surface area contributed by atoms with Crippen molar-refractivity contribution in [1.29, 1.82) is 0 Å². The highest BCUT2D eigenvalue weighted by Gasteiger charge is 2.34. The van der Waals surface area contributed by atoms with Crippen LogP contribution in [0.3, 0.4) is 0 Å². The second-order valence-electron chi connectivity index (χ2n) is 5.60. The normalized spacial score (nSPS) is 22.5. The van der Waals surface area contributed by atoms with Gasteiger partial charge in [0.15, 0.2) is 0 Å². The lowest BCUT2D eigenvalue weighted by molar-refractivity contribution is -0.139. The maximum absolute atomic E-state index is 12.4. The summed E-state index contributed by atoms with van der Waals surface area (Å²) in [6.07, 6.45) is 7.95. The summed E-state index contributed by atoms with van der Waals surface area (Å²) in [7, 11) is -3.84. The van der Waals surface area contributed by atoms with Crippen LogP contribution in [0.1, 0.15) is 52.4 Å². The van der Waals surface area contributed by atoms with Crippen molar-refractivity contribution < 1.29 is 17.9 Å². The fraction of sp³-hybridized carbons (Fsp3) is 0.733. The van der Waals surface area contributed by atoms with E-state index < -0.39 is 16.2 Å². The summed E-state index contributed by atoms with van der Waals surface area (Å²) >= 11 is 0. The summed E-state index contributed by atoms with van der Waals surface area (Å²) in [6, 6.07) is 0. The SMILES string of the molecule is CCOC(=O)C1=CC(C2CCCCCC2)=NS(=O)(=O)N1CC. The van der Waals surface area contributed by atoms with E-state index in [1.165, 1.54) is 12.8 Å². The minimum atomic E-state index is -3.84. The van der Waals surface area contributed by atoms with Crippen molar-refractivity contribution in [2.75, 3.05) is 13.2 Å². The molecule has 6 nitrogen and oxygen atoms in total. The first-order valence-corrected chi connectivity index (χ1v) is 9.40. The lowest BCUT2D eigenvalue weighted by Gasteiger charge is -2.27. The van der Waals surface area contributed by atoms with Gasteiger partial charge in [-0.2, -0.15) is 8.42 Å². The first-order chi connectivity index (χ1) is 10.5. The first-order valence-electron chi connectivity index (χ1n) is 8.01. The van der Waals surface area contributed by atoms with Crippen LogP contribution in [-0.4, -0.2) is 37.6 Å². The molecule has 1 fully saturated rings. The van der Waals surface area contributed by atoms with Crippen LogP contribution < -0.4 is 0 Å². The number of esters is 1. The average Bonchev–Trinajstić information content (AvgIpc) is 2.74. The van der Waals surface area contributed by atoms with E-state index in [1.54, 1.807) is 19.9 Å². The molecule has 2 rings (SSSR count). The van der Waals surface area contributed by atoms with Crippen molar-refractivity contribution in [1.82, 2.24) is 4.31 Å². The maximum atomic E-state index is 12.4. The average molecular weight is 328 g/mol. The smallest absolute Gasteiger partial charge is 0.355 e. The highest BCUT2D eigenvalue weighted by molar-refractivity contribution is 7.88. The van der Waals surface area contributed by atoms with E-state index in [2.05, 4.69) is 4.40 Å². The van der Waals surface area contributed by atoms with Gasteiger partial charge in [-0.3, -0.25) is 0 Å². The van der Waals surface area contributed by atoms with Crippen LogP contribution in [0.25, 0.3) is 0 Å². The Labute approximate surface area is 132 Å². The molecule has 0 aromatic rings. The van der Waals surface area contributed by atoms with Crippen LogP contribution >= 0.6 is 0 Å². The predicted octanol–water partition coefficient (Wildman–Crippen LogP) is 2.43. The Kier molecular flexibility index (Phi) is 5.61. The van der Waals surface area contributed by atoms with E-state index in [0.717, 1.165) is 30.0 Å². The fourth-order valence-corrected chi connectivity index (χ4v) is 4.28. The van der Waals surface area contributed by atoms with Crippen LogP contribution in [0.15, 0.2) is 16.2 Å². The number of allylic oxidation sites excluding steroid dienone is 1. The maximum Gasteiger partial charge on any atom is 0.355 e. The highest BCUT2D eigenvalue weighted by Crippen LogP contribution is 2.29. The number of rotatable bonds is 4. The molecule has 0 spiro atoms. The fourth-order valence-electron chi connectivity index (χ4n) is 3.01. The summed E-state index contributed by atoms with van der Waals surface area (Å²) < 4.78 is 34.7. The summed E-state index contributed by atoms with van der Waals surface area (Å²) in [5.74, 6) is -0.491. The van der Waals surface area contributed by atoms with Crippen LogP contribution in [0.2, 0.25) is 0 Å². The van der Waals surface area contributed by atoms with Crippen molar-refractivity contribution in [3.8, 4) is 0 Å². The molecule has 0 saturated heterocycles. The number of carbonyl (C=O) groups excluding carboxylic acids is 1. The van der Waals surface area contributed by atoms with Crippen molar-refractivity contribution in [2.24, 2.45) is 10.3 Å². The number of nitrogens with zero attached hydrogens (tertiary/aromatic N) is 2. The van der Waals surface area contributed by atoms with Crippen LogP contribution in [0, 0.1) is 5.92 Å². The largest absolute Gasteiger partial charge is 0.461 e. The Bertz CT molecular complexity index is 572. The zero-order valence-electron chi connectivity index (χ0n) is 13.2. The number of ether oxygens (including phenoxy) is 1. The molecular formula is C15H24N2O4S. The van der Waals surface area contributed by atoms with Gasteiger partial charge in [0.05, 0.1) is 12.3 Å². The van der Waals surface area contributed by atoms with Gasteiger partial charge in [-0.15, -0.1) is 4.40 Å². The first kappa shape index (κ1) is 17.0. The highest BCUT2D eigenvalue weighted by atomic mass is 32.2. The van der Waals surface area contributed by atoms with Gasteiger partial charge in [0.2, 0.25) is 0 Å². The van der Waals surface area contributed by atoms with Crippen LogP contribution in [0.4, 0.5) is 0 Å². The second-order valence-corrected chi connectivity index (χ2v) is 7.12.